The first-order chi connectivity index (χ1) is 8.55. The van der Waals surface area contributed by atoms with Crippen LogP contribution in [0.5, 0.6) is 0 Å². The molecule has 0 bridgehead atoms. The maximum atomic E-state index is 11.9. The normalized spacial score (nSPS) is 21.7. The van der Waals surface area contributed by atoms with Crippen molar-refractivity contribution >= 4 is 16.1 Å². The Kier molecular flexibility index (Phi) is 4.16. The van der Waals surface area contributed by atoms with E-state index in [0.29, 0.717) is 0 Å². The van der Waals surface area contributed by atoms with Crippen LogP contribution in [0.1, 0.15) is 12.0 Å². The maximum Gasteiger partial charge on any atom is 0.234 e. The van der Waals surface area contributed by atoms with Crippen molar-refractivity contribution in [1.82, 2.24) is 9.62 Å². The fourth-order valence-electron chi connectivity index (χ4n) is 2.04. The van der Waals surface area contributed by atoms with Crippen molar-refractivity contribution in [1.29, 1.82) is 0 Å². The van der Waals surface area contributed by atoms with Crippen LogP contribution in [0.3, 0.4) is 0 Å². The minimum Gasteiger partial charge on any atom is -0.305 e. The summed E-state index contributed by atoms with van der Waals surface area (Å²) < 4.78 is 26.4. The van der Waals surface area contributed by atoms with Gasteiger partial charge in [-0.15, -0.1) is 0 Å². The molecular formula is C13H18N2O2S. The van der Waals surface area contributed by atoms with Gasteiger partial charge in [0, 0.05) is 18.0 Å². The molecule has 0 amide bonds. The molecule has 4 nitrogen and oxygen atoms in total. The summed E-state index contributed by atoms with van der Waals surface area (Å²) in [5.41, 5.74) is 0.881. The number of likely N-dealkylation sites (tertiary alicyclic amines) is 1. The van der Waals surface area contributed by atoms with Crippen molar-refractivity contribution < 1.29 is 8.42 Å². The average molecular weight is 266 g/mol. The standard InChI is InChI=1S/C13H18N2O2S/c1-15-9-7-13(11-15)14-18(16,17)10-8-12-5-3-2-4-6-12/h2-6,8,10,13-14H,7,9,11H2,1H3/t13-/m1/s1. The minimum atomic E-state index is -3.34. The first kappa shape index (κ1) is 13.3. The van der Waals surface area contributed by atoms with Gasteiger partial charge in [-0.3, -0.25) is 0 Å². The predicted octanol–water partition coefficient (Wildman–Crippen LogP) is 1.28. The van der Waals surface area contributed by atoms with Crippen LogP contribution < -0.4 is 4.72 Å². The minimum absolute atomic E-state index is 0.0282. The SMILES string of the molecule is CN1CC[C@@H](NS(=O)(=O)C=Cc2ccccc2)C1. The molecule has 1 aliphatic heterocycles. The summed E-state index contributed by atoms with van der Waals surface area (Å²) in [6.07, 6.45) is 2.48. The average Bonchev–Trinajstić information content (AvgIpc) is 2.73. The molecule has 1 N–H and O–H groups in total. The summed E-state index contributed by atoms with van der Waals surface area (Å²) in [6.45, 7) is 1.72. The number of rotatable bonds is 4. The number of nitrogens with one attached hydrogen (secondary N) is 1. The summed E-state index contributed by atoms with van der Waals surface area (Å²) in [6, 6.07) is 9.43. The smallest absolute Gasteiger partial charge is 0.234 e. The van der Waals surface area contributed by atoms with E-state index in [-0.39, 0.29) is 6.04 Å². The lowest BCUT2D eigenvalue weighted by Gasteiger charge is -2.10. The third-order valence-electron chi connectivity index (χ3n) is 2.96. The molecule has 18 heavy (non-hydrogen) atoms. The van der Waals surface area contributed by atoms with Gasteiger partial charge in [-0.2, -0.15) is 0 Å². The molecule has 1 fully saturated rings. The molecule has 5 heteroatoms. The summed E-state index contributed by atoms with van der Waals surface area (Å²) >= 11 is 0. The first-order valence-electron chi connectivity index (χ1n) is 5.99. The molecule has 0 spiro atoms. The predicted molar refractivity (Wildman–Crippen MR) is 73.4 cm³/mol. The van der Waals surface area contributed by atoms with E-state index in [1.165, 1.54) is 5.41 Å². The Hall–Kier alpha value is -1.17. The van der Waals surface area contributed by atoms with Crippen LogP contribution in [0.2, 0.25) is 0 Å². The second-order valence-electron chi connectivity index (χ2n) is 4.62. The van der Waals surface area contributed by atoms with Crippen LogP contribution in [0.25, 0.3) is 6.08 Å². The quantitative estimate of drug-likeness (QED) is 0.893. The van der Waals surface area contributed by atoms with Crippen molar-refractivity contribution in [3.63, 3.8) is 0 Å². The zero-order valence-corrected chi connectivity index (χ0v) is 11.2. The molecule has 1 heterocycles. The van der Waals surface area contributed by atoms with Gasteiger partial charge >= 0.3 is 0 Å². The van der Waals surface area contributed by atoms with Gasteiger partial charge in [0.05, 0.1) is 0 Å². The molecule has 1 aliphatic rings. The first-order valence-corrected chi connectivity index (χ1v) is 7.54. The van der Waals surface area contributed by atoms with Gasteiger partial charge < -0.3 is 4.90 Å². The van der Waals surface area contributed by atoms with Gasteiger partial charge in [-0.25, -0.2) is 13.1 Å². The van der Waals surface area contributed by atoms with Gasteiger partial charge in [-0.1, -0.05) is 30.3 Å². The Balaban J connectivity index is 1.97. The third-order valence-corrected chi connectivity index (χ3v) is 4.12. The molecule has 0 aromatic heterocycles. The van der Waals surface area contributed by atoms with Gasteiger partial charge in [0.15, 0.2) is 0 Å². The maximum absolute atomic E-state index is 11.9. The van der Waals surface area contributed by atoms with E-state index in [2.05, 4.69) is 9.62 Å². The third kappa shape index (κ3) is 3.94. The molecule has 98 valence electrons. The highest BCUT2D eigenvalue weighted by atomic mass is 32.2. The van der Waals surface area contributed by atoms with Crippen molar-refractivity contribution in [2.75, 3.05) is 20.1 Å². The van der Waals surface area contributed by atoms with E-state index in [0.717, 1.165) is 25.1 Å². The van der Waals surface area contributed by atoms with E-state index in [1.807, 2.05) is 37.4 Å². The summed E-state index contributed by atoms with van der Waals surface area (Å²) in [5, 5.41) is 1.24. The van der Waals surface area contributed by atoms with Crippen molar-refractivity contribution in [3.8, 4) is 0 Å². The van der Waals surface area contributed by atoms with Crippen LogP contribution >= 0.6 is 0 Å². The molecule has 1 aromatic carbocycles. The van der Waals surface area contributed by atoms with E-state index in [4.69, 9.17) is 0 Å². The van der Waals surface area contributed by atoms with Gasteiger partial charge in [-0.05, 0) is 31.7 Å². The number of benzene rings is 1. The topological polar surface area (TPSA) is 49.4 Å². The molecule has 0 unspecified atom stereocenters. The summed E-state index contributed by atoms with van der Waals surface area (Å²) in [5.74, 6) is 0. The molecular weight excluding hydrogens is 248 g/mol. The van der Waals surface area contributed by atoms with E-state index < -0.39 is 10.0 Å². The zero-order valence-electron chi connectivity index (χ0n) is 10.4. The highest BCUT2D eigenvalue weighted by Crippen LogP contribution is 2.09. The summed E-state index contributed by atoms with van der Waals surface area (Å²) in [4.78, 5) is 2.12. The lowest BCUT2D eigenvalue weighted by atomic mass is 10.2. The van der Waals surface area contributed by atoms with Crippen LogP contribution in [-0.2, 0) is 10.0 Å². The van der Waals surface area contributed by atoms with E-state index in [9.17, 15) is 8.42 Å². The number of sulfonamides is 1. The van der Waals surface area contributed by atoms with Crippen molar-refractivity contribution in [2.24, 2.45) is 0 Å². The number of likely N-dealkylation sites (N-methyl/N-ethyl adjacent to an activating group) is 1. The van der Waals surface area contributed by atoms with Crippen molar-refractivity contribution in [2.45, 2.75) is 12.5 Å². The van der Waals surface area contributed by atoms with E-state index >= 15 is 0 Å². The van der Waals surface area contributed by atoms with Crippen molar-refractivity contribution in [3.05, 3.63) is 41.3 Å². The highest BCUT2D eigenvalue weighted by Gasteiger charge is 2.22. The Morgan fingerprint density at radius 2 is 2.06 bits per heavy atom. The number of hydrogen-bond acceptors (Lipinski definition) is 3. The monoisotopic (exact) mass is 266 g/mol. The van der Waals surface area contributed by atoms with Crippen LogP contribution in [0.15, 0.2) is 35.7 Å². The fraction of sp³-hybridized carbons (Fsp3) is 0.385. The number of nitrogens with zero attached hydrogens (tertiary/aromatic N) is 1. The molecule has 0 aliphatic carbocycles. The molecule has 0 saturated carbocycles. The molecule has 1 saturated heterocycles. The molecule has 2 rings (SSSR count). The number of hydrogen-bond donors (Lipinski definition) is 1. The Morgan fingerprint density at radius 3 is 2.67 bits per heavy atom. The molecule has 1 aromatic rings. The second kappa shape index (κ2) is 5.65. The largest absolute Gasteiger partial charge is 0.305 e. The van der Waals surface area contributed by atoms with Gasteiger partial charge in [0.1, 0.15) is 0 Å². The second-order valence-corrected chi connectivity index (χ2v) is 6.22. The van der Waals surface area contributed by atoms with E-state index in [1.54, 1.807) is 6.08 Å². The van der Waals surface area contributed by atoms with Crippen LogP contribution in [0.4, 0.5) is 0 Å². The lowest BCUT2D eigenvalue weighted by Crippen LogP contribution is -2.35. The summed E-state index contributed by atoms with van der Waals surface area (Å²) in [7, 11) is -1.35. The molecule has 0 radical (unpaired) electrons. The zero-order chi connectivity index (χ0) is 13.0. The molecule has 1 atom stereocenters. The Labute approximate surface area is 108 Å². The highest BCUT2D eigenvalue weighted by molar-refractivity contribution is 7.92. The van der Waals surface area contributed by atoms with Crippen LogP contribution in [0, 0.1) is 0 Å². The fourth-order valence-corrected chi connectivity index (χ4v) is 3.11. The van der Waals surface area contributed by atoms with Gasteiger partial charge in [0.25, 0.3) is 0 Å². The van der Waals surface area contributed by atoms with Crippen LogP contribution in [-0.4, -0.2) is 39.5 Å². The Bertz CT molecular complexity index is 511. The Morgan fingerprint density at radius 1 is 1.33 bits per heavy atom. The lowest BCUT2D eigenvalue weighted by molar-refractivity contribution is 0.407. The van der Waals surface area contributed by atoms with Gasteiger partial charge in [0.2, 0.25) is 10.0 Å².